The predicted molar refractivity (Wildman–Crippen MR) is 74.8 cm³/mol. The molecule has 100 valence electrons. The van der Waals surface area contributed by atoms with Gasteiger partial charge in [-0.25, -0.2) is 4.98 Å². The van der Waals surface area contributed by atoms with E-state index in [0.717, 1.165) is 5.82 Å². The van der Waals surface area contributed by atoms with Crippen LogP contribution in [-0.4, -0.2) is 35.1 Å². The maximum atomic E-state index is 8.92. The molecule has 4 nitrogen and oxygen atoms in total. The van der Waals surface area contributed by atoms with Gasteiger partial charge < -0.3 is 10.2 Å². The molecule has 0 amide bonds. The van der Waals surface area contributed by atoms with Crippen LogP contribution >= 0.6 is 0 Å². The van der Waals surface area contributed by atoms with Crippen molar-refractivity contribution in [2.45, 2.75) is 50.2 Å². The van der Waals surface area contributed by atoms with Gasteiger partial charge >= 0.3 is 0 Å². The fourth-order valence-electron chi connectivity index (χ4n) is 3.52. The Kier molecular flexibility index (Phi) is 3.39. The van der Waals surface area contributed by atoms with Gasteiger partial charge in [0.1, 0.15) is 5.82 Å². The fraction of sp³-hybridized carbons (Fsp3) is 0.600. The number of piperidine rings is 2. The van der Waals surface area contributed by atoms with Crippen LogP contribution in [0.4, 0.5) is 5.82 Å². The molecule has 2 saturated heterocycles. The molecule has 0 radical (unpaired) electrons. The van der Waals surface area contributed by atoms with E-state index in [-0.39, 0.29) is 0 Å². The van der Waals surface area contributed by atoms with Crippen molar-refractivity contribution in [3.8, 4) is 6.07 Å². The molecule has 2 bridgehead atoms. The summed E-state index contributed by atoms with van der Waals surface area (Å²) in [4.78, 5) is 6.87. The van der Waals surface area contributed by atoms with E-state index in [0.29, 0.717) is 23.7 Å². The lowest BCUT2D eigenvalue weighted by molar-refractivity contribution is 0.0608. The van der Waals surface area contributed by atoms with Gasteiger partial charge in [0.2, 0.25) is 0 Å². The highest BCUT2D eigenvalue weighted by atomic mass is 15.2. The third-order valence-corrected chi connectivity index (χ3v) is 4.58. The minimum atomic E-state index is 0.493. The van der Waals surface area contributed by atoms with E-state index in [1.54, 1.807) is 12.3 Å². The van der Waals surface area contributed by atoms with E-state index in [9.17, 15) is 0 Å². The van der Waals surface area contributed by atoms with Crippen molar-refractivity contribution >= 4 is 5.82 Å². The predicted octanol–water partition coefficient (Wildman–Crippen LogP) is 2.38. The Bertz CT molecular complexity index is 479. The molecule has 1 N–H and O–H groups in total. The highest BCUT2D eigenvalue weighted by molar-refractivity contribution is 5.43. The summed E-state index contributed by atoms with van der Waals surface area (Å²) in [6.45, 7) is 0. The molecule has 3 heterocycles. The van der Waals surface area contributed by atoms with E-state index in [4.69, 9.17) is 5.26 Å². The van der Waals surface area contributed by atoms with Gasteiger partial charge in [0.05, 0.1) is 11.6 Å². The van der Waals surface area contributed by atoms with Crippen LogP contribution in [0.5, 0.6) is 0 Å². The first-order valence-corrected chi connectivity index (χ1v) is 7.11. The number of nitrogens with one attached hydrogen (secondary N) is 1. The minimum absolute atomic E-state index is 0.493. The number of anilines is 1. The summed E-state index contributed by atoms with van der Waals surface area (Å²) in [7, 11) is 2.26. The summed E-state index contributed by atoms with van der Waals surface area (Å²) in [5, 5.41) is 12.4. The molecule has 0 saturated carbocycles. The SMILES string of the molecule is CN1C2CCCC1CC(Nc1cc(C#N)ccn1)C2. The largest absolute Gasteiger partial charge is 0.367 e. The average Bonchev–Trinajstić information content (AvgIpc) is 2.40. The maximum Gasteiger partial charge on any atom is 0.127 e. The molecule has 0 spiro atoms. The minimum Gasteiger partial charge on any atom is -0.367 e. The number of rotatable bonds is 2. The number of hydrogen-bond acceptors (Lipinski definition) is 4. The zero-order valence-corrected chi connectivity index (χ0v) is 11.3. The third-order valence-electron chi connectivity index (χ3n) is 4.58. The summed E-state index contributed by atoms with van der Waals surface area (Å²) >= 11 is 0. The summed E-state index contributed by atoms with van der Waals surface area (Å²) in [6, 6.07) is 7.67. The summed E-state index contributed by atoms with van der Waals surface area (Å²) in [5.41, 5.74) is 0.672. The van der Waals surface area contributed by atoms with Gasteiger partial charge in [-0.1, -0.05) is 6.42 Å². The highest BCUT2D eigenvalue weighted by Crippen LogP contribution is 2.33. The first-order chi connectivity index (χ1) is 9.26. The Labute approximate surface area is 114 Å². The molecule has 0 aliphatic carbocycles. The monoisotopic (exact) mass is 256 g/mol. The van der Waals surface area contributed by atoms with E-state index in [1.807, 2.05) is 6.07 Å². The highest BCUT2D eigenvalue weighted by Gasteiger charge is 2.35. The number of pyridine rings is 1. The van der Waals surface area contributed by atoms with Crippen LogP contribution in [0.15, 0.2) is 18.3 Å². The summed E-state index contributed by atoms with van der Waals surface area (Å²) < 4.78 is 0. The van der Waals surface area contributed by atoms with E-state index in [2.05, 4.69) is 28.3 Å². The maximum absolute atomic E-state index is 8.92. The van der Waals surface area contributed by atoms with Crippen LogP contribution in [0, 0.1) is 11.3 Å². The number of nitrogens with zero attached hydrogens (tertiary/aromatic N) is 3. The second-order valence-electron chi connectivity index (χ2n) is 5.76. The molecule has 3 rings (SSSR count). The van der Waals surface area contributed by atoms with Gasteiger partial charge in [-0.2, -0.15) is 5.26 Å². The van der Waals surface area contributed by atoms with Crippen molar-refractivity contribution in [3.05, 3.63) is 23.9 Å². The van der Waals surface area contributed by atoms with Gasteiger partial charge in [0, 0.05) is 24.3 Å². The summed E-state index contributed by atoms with van der Waals surface area (Å²) in [5.74, 6) is 0.840. The quantitative estimate of drug-likeness (QED) is 0.882. The Hall–Kier alpha value is -1.60. The van der Waals surface area contributed by atoms with Crippen molar-refractivity contribution in [1.29, 1.82) is 5.26 Å². The Balaban J connectivity index is 1.69. The standard InChI is InChI=1S/C15H20N4/c1-19-13-3-2-4-14(19)9-12(8-13)18-15-7-11(10-16)5-6-17-15/h5-7,12-14H,2-4,8-9H2,1H3,(H,17,18). The van der Waals surface area contributed by atoms with E-state index < -0.39 is 0 Å². The van der Waals surface area contributed by atoms with Crippen LogP contribution in [0.2, 0.25) is 0 Å². The topological polar surface area (TPSA) is 52.0 Å². The lowest BCUT2D eigenvalue weighted by atomic mass is 9.82. The second-order valence-corrected chi connectivity index (χ2v) is 5.76. The second kappa shape index (κ2) is 5.18. The number of aromatic nitrogens is 1. The van der Waals surface area contributed by atoms with Crippen LogP contribution in [0.25, 0.3) is 0 Å². The number of fused-ring (bicyclic) bond motifs is 2. The molecule has 1 aromatic rings. The zero-order chi connectivity index (χ0) is 13.2. The number of hydrogen-bond donors (Lipinski definition) is 1. The third kappa shape index (κ3) is 2.57. The lowest BCUT2D eigenvalue weighted by Crippen LogP contribution is -2.52. The van der Waals surface area contributed by atoms with Gasteiger partial charge in [0.15, 0.2) is 0 Å². The number of nitriles is 1. The smallest absolute Gasteiger partial charge is 0.127 e. The Morgan fingerprint density at radius 1 is 1.37 bits per heavy atom. The summed E-state index contributed by atoms with van der Waals surface area (Å²) in [6.07, 6.45) is 8.08. The van der Waals surface area contributed by atoms with Crippen molar-refractivity contribution in [2.75, 3.05) is 12.4 Å². The molecular formula is C15H20N4. The van der Waals surface area contributed by atoms with E-state index in [1.165, 1.54) is 32.1 Å². The molecule has 2 fully saturated rings. The van der Waals surface area contributed by atoms with Crippen LogP contribution in [-0.2, 0) is 0 Å². The normalized spacial score (nSPS) is 30.6. The molecule has 2 unspecified atom stereocenters. The van der Waals surface area contributed by atoms with Gasteiger partial charge in [-0.15, -0.1) is 0 Å². The molecule has 1 aromatic heterocycles. The molecule has 19 heavy (non-hydrogen) atoms. The first-order valence-electron chi connectivity index (χ1n) is 7.11. The Morgan fingerprint density at radius 2 is 2.11 bits per heavy atom. The van der Waals surface area contributed by atoms with Gasteiger partial charge in [-0.05, 0) is 44.9 Å². The van der Waals surface area contributed by atoms with Crippen molar-refractivity contribution in [1.82, 2.24) is 9.88 Å². The lowest BCUT2D eigenvalue weighted by Gasteiger charge is -2.47. The molecule has 2 aliphatic heterocycles. The molecule has 2 aliphatic rings. The van der Waals surface area contributed by atoms with Crippen molar-refractivity contribution in [3.63, 3.8) is 0 Å². The van der Waals surface area contributed by atoms with Crippen LogP contribution in [0.1, 0.15) is 37.7 Å². The van der Waals surface area contributed by atoms with Gasteiger partial charge in [0.25, 0.3) is 0 Å². The average molecular weight is 256 g/mol. The van der Waals surface area contributed by atoms with Gasteiger partial charge in [-0.3, -0.25) is 0 Å². The molecular weight excluding hydrogens is 236 g/mol. The molecule has 4 heteroatoms. The van der Waals surface area contributed by atoms with Crippen molar-refractivity contribution in [2.24, 2.45) is 0 Å². The van der Waals surface area contributed by atoms with Crippen LogP contribution < -0.4 is 5.32 Å². The fourth-order valence-corrected chi connectivity index (χ4v) is 3.52. The molecule has 2 atom stereocenters. The molecule has 0 aromatic carbocycles. The first kappa shape index (κ1) is 12.4. The van der Waals surface area contributed by atoms with Crippen LogP contribution in [0.3, 0.4) is 0 Å². The van der Waals surface area contributed by atoms with E-state index >= 15 is 0 Å². The zero-order valence-electron chi connectivity index (χ0n) is 11.3. The van der Waals surface area contributed by atoms with Crippen molar-refractivity contribution < 1.29 is 0 Å². The Morgan fingerprint density at radius 3 is 2.79 bits per heavy atom.